The number of hydrogen-bond acceptors (Lipinski definition) is 3. The third kappa shape index (κ3) is 1.82. The van der Waals surface area contributed by atoms with E-state index in [0.717, 1.165) is 5.56 Å². The molecule has 0 amide bonds. The van der Waals surface area contributed by atoms with Gasteiger partial charge < -0.3 is 15.3 Å². The van der Waals surface area contributed by atoms with Crippen molar-refractivity contribution in [2.24, 2.45) is 0 Å². The highest BCUT2D eigenvalue weighted by molar-refractivity contribution is 5.30. The van der Waals surface area contributed by atoms with Gasteiger partial charge in [0, 0.05) is 0 Å². The van der Waals surface area contributed by atoms with Crippen LogP contribution in [0.15, 0.2) is 18.2 Å². The highest BCUT2D eigenvalue weighted by Gasteiger charge is 2.00. The van der Waals surface area contributed by atoms with Gasteiger partial charge in [0.05, 0.1) is 19.8 Å². The summed E-state index contributed by atoms with van der Waals surface area (Å²) >= 11 is 0. The minimum atomic E-state index is -0.107. The summed E-state index contributed by atoms with van der Waals surface area (Å²) in [6.45, 7) is -0.232. The molecule has 0 unspecified atom stereocenters. The number of aliphatic hydroxyl groups is 3. The van der Waals surface area contributed by atoms with Gasteiger partial charge in [-0.2, -0.15) is 0 Å². The van der Waals surface area contributed by atoms with E-state index < -0.39 is 0 Å². The highest BCUT2D eigenvalue weighted by Crippen LogP contribution is 2.12. The van der Waals surface area contributed by atoms with Gasteiger partial charge in [-0.25, -0.2) is 0 Å². The van der Waals surface area contributed by atoms with Crippen LogP contribution in [0.3, 0.4) is 0 Å². The van der Waals surface area contributed by atoms with E-state index in [1.165, 1.54) is 0 Å². The van der Waals surface area contributed by atoms with E-state index in [2.05, 4.69) is 0 Å². The number of hydrogen-bond donors (Lipinski definition) is 3. The fourth-order valence-corrected chi connectivity index (χ4v) is 1.08. The van der Waals surface area contributed by atoms with Gasteiger partial charge in [-0.3, -0.25) is 0 Å². The Morgan fingerprint density at radius 2 is 1.50 bits per heavy atom. The summed E-state index contributed by atoms with van der Waals surface area (Å²) in [5, 5.41) is 26.5. The van der Waals surface area contributed by atoms with Crippen LogP contribution < -0.4 is 0 Å². The third-order valence-corrected chi connectivity index (χ3v) is 1.79. The van der Waals surface area contributed by atoms with Gasteiger partial charge >= 0.3 is 0 Å². The first kappa shape index (κ1) is 9.19. The van der Waals surface area contributed by atoms with Crippen LogP contribution in [0.4, 0.5) is 0 Å². The van der Waals surface area contributed by atoms with Crippen molar-refractivity contribution in [1.82, 2.24) is 0 Å². The molecular formula is C9H12O3. The maximum Gasteiger partial charge on any atom is 0.0685 e. The topological polar surface area (TPSA) is 60.7 Å². The minimum Gasteiger partial charge on any atom is -0.392 e. The van der Waals surface area contributed by atoms with Crippen molar-refractivity contribution in [3.8, 4) is 0 Å². The molecule has 1 aromatic carbocycles. The Bertz CT molecular complexity index is 258. The molecule has 0 aliphatic rings. The highest BCUT2D eigenvalue weighted by atomic mass is 16.3. The maximum atomic E-state index is 8.88. The smallest absolute Gasteiger partial charge is 0.0685 e. The van der Waals surface area contributed by atoms with Gasteiger partial charge in [-0.1, -0.05) is 18.2 Å². The van der Waals surface area contributed by atoms with E-state index >= 15 is 0 Å². The predicted octanol–water partition coefficient (Wildman–Crippen LogP) is 0.163. The van der Waals surface area contributed by atoms with Gasteiger partial charge in [0.2, 0.25) is 0 Å². The Morgan fingerprint density at radius 1 is 0.833 bits per heavy atom. The second kappa shape index (κ2) is 4.21. The van der Waals surface area contributed by atoms with Crippen LogP contribution in [0.25, 0.3) is 0 Å². The van der Waals surface area contributed by atoms with Crippen molar-refractivity contribution in [3.63, 3.8) is 0 Å². The summed E-state index contributed by atoms with van der Waals surface area (Å²) in [6, 6.07) is 5.12. The monoisotopic (exact) mass is 168 g/mol. The zero-order valence-corrected chi connectivity index (χ0v) is 6.70. The molecule has 3 nitrogen and oxygen atoms in total. The molecule has 3 N–H and O–H groups in total. The van der Waals surface area contributed by atoms with Gasteiger partial charge in [-0.05, 0) is 16.7 Å². The van der Waals surface area contributed by atoms with Gasteiger partial charge in [0.25, 0.3) is 0 Å². The predicted molar refractivity (Wildman–Crippen MR) is 44.2 cm³/mol. The van der Waals surface area contributed by atoms with Gasteiger partial charge in [0.1, 0.15) is 0 Å². The Balaban J connectivity index is 3.02. The molecule has 0 aliphatic heterocycles. The fraction of sp³-hybridized carbons (Fsp3) is 0.333. The fourth-order valence-electron chi connectivity index (χ4n) is 1.08. The summed E-state index contributed by atoms with van der Waals surface area (Å²) < 4.78 is 0. The SMILES string of the molecule is OCc1ccc(CO)c(CO)c1. The second-order valence-corrected chi connectivity index (χ2v) is 2.58. The lowest BCUT2D eigenvalue weighted by molar-refractivity contribution is 0.258. The largest absolute Gasteiger partial charge is 0.392 e. The summed E-state index contributed by atoms with van der Waals surface area (Å²) in [6.07, 6.45) is 0. The summed E-state index contributed by atoms with van der Waals surface area (Å²) in [7, 11) is 0. The van der Waals surface area contributed by atoms with E-state index in [-0.39, 0.29) is 19.8 Å². The molecule has 0 radical (unpaired) electrons. The van der Waals surface area contributed by atoms with Crippen molar-refractivity contribution in [1.29, 1.82) is 0 Å². The van der Waals surface area contributed by atoms with E-state index in [9.17, 15) is 0 Å². The first-order chi connectivity index (χ1) is 5.81. The minimum absolute atomic E-state index is 0.0429. The van der Waals surface area contributed by atoms with E-state index in [4.69, 9.17) is 15.3 Å². The number of aliphatic hydroxyl groups excluding tert-OH is 3. The lowest BCUT2D eigenvalue weighted by atomic mass is 10.1. The van der Waals surface area contributed by atoms with Crippen molar-refractivity contribution in [3.05, 3.63) is 34.9 Å². The zero-order chi connectivity index (χ0) is 8.97. The zero-order valence-electron chi connectivity index (χ0n) is 6.70. The van der Waals surface area contributed by atoms with Crippen LogP contribution in [0.1, 0.15) is 16.7 Å². The van der Waals surface area contributed by atoms with E-state index in [1.807, 2.05) is 0 Å². The quantitative estimate of drug-likeness (QED) is 0.602. The molecule has 0 saturated carbocycles. The van der Waals surface area contributed by atoms with Crippen molar-refractivity contribution in [2.45, 2.75) is 19.8 Å². The molecule has 0 bridgehead atoms. The van der Waals surface area contributed by atoms with Crippen LogP contribution in [0.2, 0.25) is 0 Å². The molecule has 0 aromatic heterocycles. The van der Waals surface area contributed by atoms with Crippen molar-refractivity contribution >= 4 is 0 Å². The van der Waals surface area contributed by atoms with Crippen LogP contribution in [0.5, 0.6) is 0 Å². The lowest BCUT2D eigenvalue weighted by Crippen LogP contribution is -1.95. The lowest BCUT2D eigenvalue weighted by Gasteiger charge is -2.05. The molecule has 66 valence electrons. The molecule has 12 heavy (non-hydrogen) atoms. The summed E-state index contributed by atoms with van der Waals surface area (Å²) in [5.74, 6) is 0. The molecule has 1 aromatic rings. The standard InChI is InChI=1S/C9H12O3/c10-4-7-1-2-8(5-11)9(3-7)6-12/h1-3,10-12H,4-6H2. The van der Waals surface area contributed by atoms with Crippen LogP contribution in [-0.2, 0) is 19.8 Å². The third-order valence-electron chi connectivity index (χ3n) is 1.79. The second-order valence-electron chi connectivity index (χ2n) is 2.58. The Hall–Kier alpha value is -0.900. The van der Waals surface area contributed by atoms with E-state index in [1.54, 1.807) is 18.2 Å². The molecule has 0 aliphatic carbocycles. The summed E-state index contributed by atoms with van der Waals surface area (Å²) in [4.78, 5) is 0. The molecule has 0 heterocycles. The van der Waals surface area contributed by atoms with Crippen molar-refractivity contribution in [2.75, 3.05) is 0 Å². The first-order valence-corrected chi connectivity index (χ1v) is 3.75. The molecular weight excluding hydrogens is 156 g/mol. The molecule has 3 heteroatoms. The molecule has 0 saturated heterocycles. The van der Waals surface area contributed by atoms with Crippen molar-refractivity contribution < 1.29 is 15.3 Å². The Kier molecular flexibility index (Phi) is 3.22. The van der Waals surface area contributed by atoms with E-state index in [0.29, 0.717) is 11.1 Å². The average molecular weight is 168 g/mol. The first-order valence-electron chi connectivity index (χ1n) is 3.75. The van der Waals surface area contributed by atoms with Gasteiger partial charge in [-0.15, -0.1) is 0 Å². The van der Waals surface area contributed by atoms with Gasteiger partial charge in [0.15, 0.2) is 0 Å². The number of rotatable bonds is 3. The van der Waals surface area contributed by atoms with Crippen LogP contribution >= 0.6 is 0 Å². The average Bonchev–Trinajstić information content (AvgIpc) is 2.16. The van der Waals surface area contributed by atoms with Crippen LogP contribution in [-0.4, -0.2) is 15.3 Å². The maximum absolute atomic E-state index is 8.88. The van der Waals surface area contributed by atoms with Crippen LogP contribution in [0, 0.1) is 0 Å². The Morgan fingerprint density at radius 3 is 2.00 bits per heavy atom. The molecule has 0 atom stereocenters. The molecule has 0 spiro atoms. The molecule has 1 rings (SSSR count). The summed E-state index contributed by atoms with van der Waals surface area (Å²) in [5.41, 5.74) is 2.12. The molecule has 0 fully saturated rings. The number of benzene rings is 1. The Labute approximate surface area is 70.9 Å². The normalized spacial score (nSPS) is 10.2.